The number of thiazole rings is 1. The van der Waals surface area contributed by atoms with Gasteiger partial charge in [-0.05, 0) is 33.7 Å². The standard InChI is InChI=1S/C12H19N3OS.2ClH/c1-8-6-14-11(17-8)12(2,3)15-10(16)9-4-5-13-7-9;;/h6,9,13H,4-5,7H2,1-3H3,(H,15,16);2*1H. The molecular formula is C12H21Cl2N3OS. The molecule has 19 heavy (non-hydrogen) atoms. The Morgan fingerprint density at radius 2 is 2.21 bits per heavy atom. The van der Waals surface area contributed by atoms with Crippen molar-refractivity contribution in [2.75, 3.05) is 13.1 Å². The van der Waals surface area contributed by atoms with E-state index in [-0.39, 0.29) is 42.2 Å². The highest BCUT2D eigenvalue weighted by Gasteiger charge is 2.30. The van der Waals surface area contributed by atoms with Crippen LogP contribution < -0.4 is 10.6 Å². The summed E-state index contributed by atoms with van der Waals surface area (Å²) in [5.74, 6) is 0.239. The average molecular weight is 326 g/mol. The zero-order chi connectivity index (χ0) is 12.5. The highest BCUT2D eigenvalue weighted by molar-refractivity contribution is 7.11. The normalized spacial score (nSPS) is 18.4. The van der Waals surface area contributed by atoms with Gasteiger partial charge in [0.05, 0.1) is 11.5 Å². The number of aromatic nitrogens is 1. The molecule has 0 spiro atoms. The van der Waals surface area contributed by atoms with Crippen molar-refractivity contribution in [3.05, 3.63) is 16.1 Å². The fourth-order valence-electron chi connectivity index (χ4n) is 1.99. The van der Waals surface area contributed by atoms with Gasteiger partial charge in [0.2, 0.25) is 5.91 Å². The van der Waals surface area contributed by atoms with E-state index in [0.29, 0.717) is 0 Å². The van der Waals surface area contributed by atoms with Gasteiger partial charge < -0.3 is 10.6 Å². The monoisotopic (exact) mass is 325 g/mol. The van der Waals surface area contributed by atoms with Gasteiger partial charge in [-0.15, -0.1) is 36.2 Å². The summed E-state index contributed by atoms with van der Waals surface area (Å²) >= 11 is 1.64. The van der Waals surface area contributed by atoms with Crippen molar-refractivity contribution < 1.29 is 4.79 Å². The highest BCUT2D eigenvalue weighted by atomic mass is 35.5. The number of hydrogen-bond acceptors (Lipinski definition) is 4. The first-order chi connectivity index (χ1) is 7.99. The maximum absolute atomic E-state index is 12.1. The Labute approximate surface area is 130 Å². The second-order valence-corrected chi connectivity index (χ2v) is 6.31. The molecule has 0 aliphatic carbocycles. The Hall–Kier alpha value is -0.360. The van der Waals surface area contributed by atoms with E-state index in [1.807, 2.05) is 27.0 Å². The van der Waals surface area contributed by atoms with Crippen molar-refractivity contribution >= 4 is 42.1 Å². The van der Waals surface area contributed by atoms with E-state index in [4.69, 9.17) is 0 Å². The summed E-state index contributed by atoms with van der Waals surface area (Å²) in [5, 5.41) is 7.27. The average Bonchev–Trinajstić information content (AvgIpc) is 2.86. The van der Waals surface area contributed by atoms with Crippen LogP contribution in [0.4, 0.5) is 0 Å². The van der Waals surface area contributed by atoms with Crippen LogP contribution in [0, 0.1) is 12.8 Å². The quantitative estimate of drug-likeness (QED) is 0.896. The minimum Gasteiger partial charge on any atom is -0.344 e. The molecule has 1 unspecified atom stereocenters. The van der Waals surface area contributed by atoms with E-state index in [9.17, 15) is 4.79 Å². The minimum atomic E-state index is -0.376. The molecular weight excluding hydrogens is 305 g/mol. The van der Waals surface area contributed by atoms with Crippen molar-refractivity contribution in [1.82, 2.24) is 15.6 Å². The molecule has 0 bridgehead atoms. The topological polar surface area (TPSA) is 54.0 Å². The number of nitrogens with zero attached hydrogens (tertiary/aromatic N) is 1. The van der Waals surface area contributed by atoms with Gasteiger partial charge in [-0.2, -0.15) is 0 Å². The predicted octanol–water partition coefficient (Wildman–Crippen LogP) is 2.26. The first-order valence-corrected chi connectivity index (χ1v) is 6.76. The molecule has 1 atom stereocenters. The van der Waals surface area contributed by atoms with Gasteiger partial charge in [0.15, 0.2) is 0 Å². The third-order valence-corrected chi connectivity index (χ3v) is 4.26. The molecule has 1 saturated heterocycles. The summed E-state index contributed by atoms with van der Waals surface area (Å²) in [6.07, 6.45) is 2.78. The van der Waals surface area contributed by atoms with Crippen LogP contribution in [-0.4, -0.2) is 24.0 Å². The molecule has 1 aromatic rings. The highest BCUT2D eigenvalue weighted by Crippen LogP contribution is 2.25. The third kappa shape index (κ3) is 4.60. The Kier molecular flexibility index (Phi) is 7.29. The van der Waals surface area contributed by atoms with Crippen LogP contribution >= 0.6 is 36.2 Å². The van der Waals surface area contributed by atoms with Crippen LogP contribution in [0.15, 0.2) is 6.20 Å². The van der Waals surface area contributed by atoms with E-state index in [1.54, 1.807) is 11.3 Å². The summed E-state index contributed by atoms with van der Waals surface area (Å²) in [6.45, 7) is 7.77. The molecule has 1 aromatic heterocycles. The number of carbonyl (C=O) groups is 1. The Bertz CT molecular complexity index is 417. The van der Waals surface area contributed by atoms with Gasteiger partial charge in [0, 0.05) is 17.6 Å². The van der Waals surface area contributed by atoms with E-state index in [0.717, 1.165) is 24.5 Å². The lowest BCUT2D eigenvalue weighted by Crippen LogP contribution is -2.44. The number of carbonyl (C=O) groups excluding carboxylic acids is 1. The van der Waals surface area contributed by atoms with E-state index in [1.165, 1.54) is 4.88 Å². The van der Waals surface area contributed by atoms with Crippen LogP contribution in [0.25, 0.3) is 0 Å². The number of rotatable bonds is 3. The molecule has 1 aliphatic rings. The van der Waals surface area contributed by atoms with E-state index in [2.05, 4.69) is 15.6 Å². The molecule has 1 aliphatic heterocycles. The Morgan fingerprint density at radius 3 is 2.68 bits per heavy atom. The SMILES string of the molecule is Cc1cnc(C(C)(C)NC(=O)C2CCNC2)s1.Cl.Cl. The van der Waals surface area contributed by atoms with Crippen LogP contribution in [0.3, 0.4) is 0 Å². The predicted molar refractivity (Wildman–Crippen MR) is 83.5 cm³/mol. The summed E-state index contributed by atoms with van der Waals surface area (Å²) in [7, 11) is 0. The summed E-state index contributed by atoms with van der Waals surface area (Å²) in [4.78, 5) is 17.6. The molecule has 4 nitrogen and oxygen atoms in total. The van der Waals surface area contributed by atoms with Crippen LogP contribution in [0.1, 0.15) is 30.2 Å². The second kappa shape index (κ2) is 7.43. The van der Waals surface area contributed by atoms with E-state index >= 15 is 0 Å². The van der Waals surface area contributed by atoms with Gasteiger partial charge in [-0.1, -0.05) is 0 Å². The summed E-state index contributed by atoms with van der Waals surface area (Å²) in [5.41, 5.74) is -0.376. The molecule has 0 saturated carbocycles. The lowest BCUT2D eigenvalue weighted by atomic mass is 10.0. The second-order valence-electron chi connectivity index (χ2n) is 5.08. The van der Waals surface area contributed by atoms with Gasteiger partial charge in [-0.25, -0.2) is 4.98 Å². The molecule has 110 valence electrons. The maximum Gasteiger partial charge on any atom is 0.225 e. The largest absolute Gasteiger partial charge is 0.344 e. The summed E-state index contributed by atoms with van der Waals surface area (Å²) in [6, 6.07) is 0. The first kappa shape index (κ1) is 18.6. The molecule has 2 N–H and O–H groups in total. The zero-order valence-corrected chi connectivity index (χ0v) is 13.8. The van der Waals surface area contributed by atoms with Crippen LogP contribution in [0.5, 0.6) is 0 Å². The number of amides is 1. The fourth-order valence-corrected chi connectivity index (χ4v) is 2.81. The lowest BCUT2D eigenvalue weighted by Gasteiger charge is -2.25. The molecule has 7 heteroatoms. The van der Waals surface area contributed by atoms with Crippen molar-refractivity contribution in [3.63, 3.8) is 0 Å². The first-order valence-electron chi connectivity index (χ1n) is 5.95. The number of nitrogens with one attached hydrogen (secondary N) is 2. The third-order valence-electron chi connectivity index (χ3n) is 3.02. The Morgan fingerprint density at radius 1 is 1.53 bits per heavy atom. The van der Waals surface area contributed by atoms with Gasteiger partial charge in [0.25, 0.3) is 0 Å². The van der Waals surface area contributed by atoms with Gasteiger partial charge in [0.1, 0.15) is 5.01 Å². The van der Waals surface area contributed by atoms with Crippen LogP contribution in [-0.2, 0) is 10.3 Å². The molecule has 0 radical (unpaired) electrons. The number of hydrogen-bond donors (Lipinski definition) is 2. The van der Waals surface area contributed by atoms with Crippen LogP contribution in [0.2, 0.25) is 0 Å². The van der Waals surface area contributed by atoms with Crippen molar-refractivity contribution in [3.8, 4) is 0 Å². The van der Waals surface area contributed by atoms with Gasteiger partial charge in [-0.3, -0.25) is 4.79 Å². The summed E-state index contributed by atoms with van der Waals surface area (Å²) < 4.78 is 0. The van der Waals surface area contributed by atoms with Gasteiger partial charge >= 0.3 is 0 Å². The number of halogens is 2. The molecule has 2 heterocycles. The number of aryl methyl sites for hydroxylation is 1. The Balaban J connectivity index is 0.00000162. The molecule has 1 fully saturated rings. The molecule has 2 rings (SSSR count). The smallest absolute Gasteiger partial charge is 0.225 e. The minimum absolute atomic E-state index is 0. The maximum atomic E-state index is 12.1. The van der Waals surface area contributed by atoms with Crippen molar-refractivity contribution in [1.29, 1.82) is 0 Å². The van der Waals surface area contributed by atoms with E-state index < -0.39 is 0 Å². The molecule has 0 aromatic carbocycles. The zero-order valence-electron chi connectivity index (χ0n) is 11.4. The lowest BCUT2D eigenvalue weighted by molar-refractivity contribution is -0.126. The fraction of sp³-hybridized carbons (Fsp3) is 0.667. The van der Waals surface area contributed by atoms with Crippen molar-refractivity contribution in [2.24, 2.45) is 5.92 Å². The van der Waals surface area contributed by atoms with Crippen molar-refractivity contribution in [2.45, 2.75) is 32.7 Å². The molecule has 1 amide bonds.